The number of hydrogen-bond acceptors (Lipinski definition) is 6. The number of imide groups is 1. The van der Waals surface area contributed by atoms with E-state index in [1.807, 2.05) is 6.92 Å². The molecule has 0 aromatic rings. The Hall–Kier alpha value is -1.87. The standard InChI is InChI=1S/C15H23N3O5S/c1-4-23-8-5-12(19)16-6-7-17-14(21)10(2)18-13(20)9-11(24-3)15(18)22/h11H,2,4-9H2,1,3H3,(H,16,19)(H,17,21). The predicted octanol–water partition coefficient (Wildman–Crippen LogP) is -0.350. The minimum atomic E-state index is -0.609. The second-order valence-electron chi connectivity index (χ2n) is 5.00. The summed E-state index contributed by atoms with van der Waals surface area (Å²) < 4.78 is 5.06. The monoisotopic (exact) mass is 357 g/mol. The Morgan fingerprint density at radius 1 is 1.33 bits per heavy atom. The first-order valence-electron chi connectivity index (χ1n) is 7.63. The van der Waals surface area contributed by atoms with Crippen molar-refractivity contribution >= 4 is 35.4 Å². The number of nitrogens with zero attached hydrogens (tertiary/aromatic N) is 1. The van der Waals surface area contributed by atoms with Crippen LogP contribution in [0.3, 0.4) is 0 Å². The lowest BCUT2D eigenvalue weighted by atomic mass is 10.3. The molecule has 0 saturated carbocycles. The average Bonchev–Trinajstić information content (AvgIpc) is 2.84. The fourth-order valence-corrected chi connectivity index (χ4v) is 2.67. The molecule has 0 radical (unpaired) electrons. The molecule has 1 unspecified atom stereocenters. The van der Waals surface area contributed by atoms with Gasteiger partial charge in [0.05, 0.1) is 11.9 Å². The number of likely N-dealkylation sites (tertiary alicyclic amines) is 1. The number of carbonyl (C=O) groups is 4. The van der Waals surface area contributed by atoms with Gasteiger partial charge in [0, 0.05) is 32.5 Å². The first-order valence-corrected chi connectivity index (χ1v) is 8.92. The summed E-state index contributed by atoms with van der Waals surface area (Å²) in [5.41, 5.74) is -0.191. The van der Waals surface area contributed by atoms with Crippen molar-refractivity contribution < 1.29 is 23.9 Å². The molecule has 4 amide bonds. The molecule has 1 aliphatic heterocycles. The number of ether oxygens (including phenoxy) is 1. The maximum absolute atomic E-state index is 12.0. The van der Waals surface area contributed by atoms with Gasteiger partial charge in [-0.2, -0.15) is 11.8 Å². The van der Waals surface area contributed by atoms with Gasteiger partial charge in [-0.25, -0.2) is 4.90 Å². The summed E-state index contributed by atoms with van der Waals surface area (Å²) in [6.45, 7) is 6.68. The van der Waals surface area contributed by atoms with Gasteiger partial charge in [0.25, 0.3) is 5.91 Å². The minimum absolute atomic E-state index is 0.0716. The highest BCUT2D eigenvalue weighted by molar-refractivity contribution is 8.00. The molecule has 24 heavy (non-hydrogen) atoms. The van der Waals surface area contributed by atoms with Gasteiger partial charge in [-0.3, -0.25) is 19.2 Å². The Morgan fingerprint density at radius 3 is 2.58 bits per heavy atom. The SMILES string of the molecule is C=C(C(=O)NCCNC(=O)CCOCC)N1C(=O)CC(SC)C1=O. The Morgan fingerprint density at radius 2 is 2.00 bits per heavy atom. The van der Waals surface area contributed by atoms with E-state index in [0.29, 0.717) is 13.2 Å². The summed E-state index contributed by atoms with van der Waals surface area (Å²) in [5, 5.41) is 4.68. The van der Waals surface area contributed by atoms with Crippen LogP contribution in [0.25, 0.3) is 0 Å². The first kappa shape index (κ1) is 20.2. The number of nitrogens with one attached hydrogen (secondary N) is 2. The van der Waals surface area contributed by atoms with Gasteiger partial charge in [-0.15, -0.1) is 0 Å². The van der Waals surface area contributed by atoms with Crippen LogP contribution in [0, 0.1) is 0 Å². The third-order valence-electron chi connectivity index (χ3n) is 3.33. The van der Waals surface area contributed by atoms with Crippen molar-refractivity contribution in [1.82, 2.24) is 15.5 Å². The third-order valence-corrected chi connectivity index (χ3v) is 4.27. The van der Waals surface area contributed by atoms with E-state index in [0.717, 1.165) is 4.90 Å². The molecule has 1 rings (SSSR count). The van der Waals surface area contributed by atoms with Crippen LogP contribution in [0.4, 0.5) is 0 Å². The average molecular weight is 357 g/mol. The van der Waals surface area contributed by atoms with E-state index in [2.05, 4.69) is 17.2 Å². The van der Waals surface area contributed by atoms with Crippen molar-refractivity contribution in [3.8, 4) is 0 Å². The van der Waals surface area contributed by atoms with Crippen molar-refractivity contribution in [2.24, 2.45) is 0 Å². The van der Waals surface area contributed by atoms with Gasteiger partial charge in [-0.05, 0) is 13.2 Å². The van der Waals surface area contributed by atoms with Gasteiger partial charge in [0.15, 0.2) is 0 Å². The normalized spacial score (nSPS) is 17.1. The Balaban J connectivity index is 2.33. The number of hydrogen-bond donors (Lipinski definition) is 2. The van der Waals surface area contributed by atoms with Crippen LogP contribution in [0.1, 0.15) is 19.8 Å². The molecule has 0 bridgehead atoms. The topological polar surface area (TPSA) is 105 Å². The molecule has 0 aliphatic carbocycles. The number of carbonyl (C=O) groups excluding carboxylic acids is 4. The largest absolute Gasteiger partial charge is 0.381 e. The maximum Gasteiger partial charge on any atom is 0.267 e. The molecule has 1 saturated heterocycles. The van der Waals surface area contributed by atoms with Crippen LogP contribution in [0.15, 0.2) is 12.3 Å². The summed E-state index contributed by atoms with van der Waals surface area (Å²) in [7, 11) is 0. The highest BCUT2D eigenvalue weighted by Crippen LogP contribution is 2.25. The molecule has 8 nitrogen and oxygen atoms in total. The highest BCUT2D eigenvalue weighted by Gasteiger charge is 2.41. The van der Waals surface area contributed by atoms with Crippen molar-refractivity contribution in [1.29, 1.82) is 0 Å². The van der Waals surface area contributed by atoms with Crippen LogP contribution >= 0.6 is 11.8 Å². The molecule has 1 aliphatic rings. The molecule has 2 N–H and O–H groups in total. The molecule has 134 valence electrons. The van der Waals surface area contributed by atoms with E-state index in [9.17, 15) is 19.2 Å². The van der Waals surface area contributed by atoms with Crippen molar-refractivity contribution in [2.45, 2.75) is 25.0 Å². The van der Waals surface area contributed by atoms with Crippen LogP contribution in [-0.4, -0.2) is 66.3 Å². The lowest BCUT2D eigenvalue weighted by Gasteiger charge is -2.17. The molecule has 1 heterocycles. The van der Waals surface area contributed by atoms with Crippen LogP contribution in [0.5, 0.6) is 0 Å². The quantitative estimate of drug-likeness (QED) is 0.315. The summed E-state index contributed by atoms with van der Waals surface area (Å²) in [5.74, 6) is -1.63. The molecule has 9 heteroatoms. The lowest BCUT2D eigenvalue weighted by Crippen LogP contribution is -2.41. The first-order chi connectivity index (χ1) is 11.4. The van der Waals surface area contributed by atoms with Gasteiger partial charge in [-0.1, -0.05) is 6.58 Å². The summed E-state index contributed by atoms with van der Waals surface area (Å²) >= 11 is 1.27. The van der Waals surface area contributed by atoms with E-state index in [-0.39, 0.29) is 37.5 Å². The predicted molar refractivity (Wildman–Crippen MR) is 90.0 cm³/mol. The second-order valence-corrected chi connectivity index (χ2v) is 6.04. The Labute approximate surface area is 145 Å². The van der Waals surface area contributed by atoms with E-state index < -0.39 is 23.0 Å². The Bertz CT molecular complexity index is 523. The van der Waals surface area contributed by atoms with Crippen molar-refractivity contribution in [3.63, 3.8) is 0 Å². The van der Waals surface area contributed by atoms with Crippen LogP contribution < -0.4 is 10.6 Å². The van der Waals surface area contributed by atoms with Gasteiger partial charge in [0.2, 0.25) is 17.7 Å². The molecule has 0 aromatic carbocycles. The zero-order valence-electron chi connectivity index (χ0n) is 13.9. The second kappa shape index (κ2) is 10.1. The van der Waals surface area contributed by atoms with Crippen LogP contribution in [-0.2, 0) is 23.9 Å². The Kier molecular flexibility index (Phi) is 8.48. The molecular formula is C15H23N3O5S. The minimum Gasteiger partial charge on any atom is -0.381 e. The summed E-state index contributed by atoms with van der Waals surface area (Å²) in [4.78, 5) is 48.1. The lowest BCUT2D eigenvalue weighted by molar-refractivity contribution is -0.138. The van der Waals surface area contributed by atoms with Crippen molar-refractivity contribution in [3.05, 3.63) is 12.3 Å². The third kappa shape index (κ3) is 5.64. The number of rotatable bonds is 10. The smallest absolute Gasteiger partial charge is 0.267 e. The van der Waals surface area contributed by atoms with E-state index in [1.54, 1.807) is 6.26 Å². The zero-order chi connectivity index (χ0) is 18.1. The van der Waals surface area contributed by atoms with Gasteiger partial charge in [0.1, 0.15) is 5.70 Å². The molecule has 1 atom stereocenters. The molecular weight excluding hydrogens is 334 g/mol. The van der Waals surface area contributed by atoms with E-state index >= 15 is 0 Å². The molecule has 0 spiro atoms. The number of thioether (sulfide) groups is 1. The zero-order valence-corrected chi connectivity index (χ0v) is 14.7. The molecule has 1 fully saturated rings. The van der Waals surface area contributed by atoms with E-state index in [4.69, 9.17) is 4.74 Å². The van der Waals surface area contributed by atoms with Gasteiger partial charge < -0.3 is 15.4 Å². The molecule has 0 aromatic heterocycles. The van der Waals surface area contributed by atoms with Gasteiger partial charge >= 0.3 is 0 Å². The fourth-order valence-electron chi connectivity index (χ4n) is 2.05. The summed E-state index contributed by atoms with van der Waals surface area (Å²) in [6, 6.07) is 0. The maximum atomic E-state index is 12.0. The fraction of sp³-hybridized carbons (Fsp3) is 0.600. The van der Waals surface area contributed by atoms with E-state index in [1.165, 1.54) is 11.8 Å². The van der Waals surface area contributed by atoms with Crippen molar-refractivity contribution in [2.75, 3.05) is 32.6 Å². The summed E-state index contributed by atoms with van der Waals surface area (Å²) in [6.07, 6.45) is 2.06. The van der Waals surface area contributed by atoms with Crippen LogP contribution in [0.2, 0.25) is 0 Å². The number of amides is 4. The highest BCUT2D eigenvalue weighted by atomic mass is 32.2.